The minimum atomic E-state index is -1.68. The molecule has 0 spiro atoms. The fourth-order valence-corrected chi connectivity index (χ4v) is 2.35. The van der Waals surface area contributed by atoms with Gasteiger partial charge in [0, 0.05) is 0 Å². The van der Waals surface area contributed by atoms with E-state index in [9.17, 15) is 0 Å². The van der Waals surface area contributed by atoms with Gasteiger partial charge in [0.1, 0.15) is 0 Å². The largest absolute Gasteiger partial charge is 0.399 e. The number of rotatable bonds is 3. The average molecular weight is 233 g/mol. The Morgan fingerprint density at radius 2 is 1.81 bits per heavy atom. The van der Waals surface area contributed by atoms with Crippen molar-refractivity contribution in [3.63, 3.8) is 0 Å². The SMILES string of the molecule is Cc1ccc(C(C#N)O[Si](C)(C)C)cc1C. The van der Waals surface area contributed by atoms with Crippen LogP contribution in [0.15, 0.2) is 18.2 Å². The third-order valence-corrected chi connectivity index (χ3v) is 3.37. The van der Waals surface area contributed by atoms with E-state index in [1.165, 1.54) is 11.1 Å². The van der Waals surface area contributed by atoms with Crippen LogP contribution in [0.5, 0.6) is 0 Å². The van der Waals surface area contributed by atoms with Gasteiger partial charge in [0.2, 0.25) is 0 Å². The summed E-state index contributed by atoms with van der Waals surface area (Å²) in [5.74, 6) is 0. The van der Waals surface area contributed by atoms with Gasteiger partial charge < -0.3 is 4.43 Å². The average Bonchev–Trinajstić information content (AvgIpc) is 2.17. The van der Waals surface area contributed by atoms with E-state index in [4.69, 9.17) is 9.69 Å². The van der Waals surface area contributed by atoms with Crippen molar-refractivity contribution in [2.24, 2.45) is 0 Å². The topological polar surface area (TPSA) is 33.0 Å². The second-order valence-corrected chi connectivity index (χ2v) is 9.54. The van der Waals surface area contributed by atoms with Crippen LogP contribution in [-0.4, -0.2) is 8.32 Å². The van der Waals surface area contributed by atoms with Gasteiger partial charge in [-0.1, -0.05) is 18.2 Å². The molecule has 0 fully saturated rings. The van der Waals surface area contributed by atoms with E-state index in [2.05, 4.69) is 39.6 Å². The Labute approximate surface area is 99.0 Å². The first-order valence-corrected chi connectivity index (χ1v) is 8.89. The number of nitriles is 1. The quantitative estimate of drug-likeness (QED) is 0.745. The van der Waals surface area contributed by atoms with Crippen LogP contribution >= 0.6 is 0 Å². The van der Waals surface area contributed by atoms with Gasteiger partial charge in [-0.25, -0.2) is 0 Å². The molecule has 0 amide bonds. The highest BCUT2D eigenvalue weighted by Gasteiger charge is 2.22. The van der Waals surface area contributed by atoms with Crippen LogP contribution in [0.4, 0.5) is 0 Å². The van der Waals surface area contributed by atoms with Gasteiger partial charge in [-0.2, -0.15) is 5.26 Å². The summed E-state index contributed by atoms with van der Waals surface area (Å²) in [6.45, 7) is 10.4. The monoisotopic (exact) mass is 233 g/mol. The third kappa shape index (κ3) is 3.48. The zero-order valence-corrected chi connectivity index (χ0v) is 11.7. The zero-order chi connectivity index (χ0) is 12.3. The number of nitrogens with zero attached hydrogens (tertiary/aromatic N) is 1. The number of aryl methyl sites for hydroxylation is 2. The molecule has 0 aliphatic heterocycles. The highest BCUT2D eigenvalue weighted by Crippen LogP contribution is 2.23. The van der Waals surface area contributed by atoms with Crippen LogP contribution in [0.25, 0.3) is 0 Å². The van der Waals surface area contributed by atoms with Crippen molar-refractivity contribution in [2.75, 3.05) is 0 Å². The van der Waals surface area contributed by atoms with Crippen molar-refractivity contribution >= 4 is 8.32 Å². The predicted molar refractivity (Wildman–Crippen MR) is 68.7 cm³/mol. The van der Waals surface area contributed by atoms with E-state index in [1.54, 1.807) is 0 Å². The predicted octanol–water partition coefficient (Wildman–Crippen LogP) is 3.72. The summed E-state index contributed by atoms with van der Waals surface area (Å²) < 4.78 is 5.85. The number of hydrogen-bond donors (Lipinski definition) is 0. The van der Waals surface area contributed by atoms with Gasteiger partial charge in [0.25, 0.3) is 0 Å². The van der Waals surface area contributed by atoms with Crippen LogP contribution in [0.2, 0.25) is 19.6 Å². The molecule has 1 aromatic carbocycles. The Bertz CT molecular complexity index is 415. The van der Waals surface area contributed by atoms with E-state index in [0.29, 0.717) is 0 Å². The van der Waals surface area contributed by atoms with Crippen LogP contribution in [0.1, 0.15) is 22.8 Å². The van der Waals surface area contributed by atoms with Gasteiger partial charge >= 0.3 is 0 Å². The van der Waals surface area contributed by atoms with Crippen molar-refractivity contribution in [3.8, 4) is 6.07 Å². The Morgan fingerprint density at radius 1 is 1.19 bits per heavy atom. The maximum atomic E-state index is 9.15. The van der Waals surface area contributed by atoms with Gasteiger partial charge in [-0.05, 0) is 50.2 Å². The summed E-state index contributed by atoms with van der Waals surface area (Å²) in [5.41, 5.74) is 3.42. The zero-order valence-electron chi connectivity index (χ0n) is 10.7. The van der Waals surface area contributed by atoms with Crippen molar-refractivity contribution in [1.82, 2.24) is 0 Å². The lowest BCUT2D eigenvalue weighted by Crippen LogP contribution is -2.27. The van der Waals surface area contributed by atoms with Gasteiger partial charge in [-0.15, -0.1) is 0 Å². The second-order valence-electron chi connectivity index (χ2n) is 5.08. The molecule has 86 valence electrons. The van der Waals surface area contributed by atoms with E-state index >= 15 is 0 Å². The molecule has 1 aromatic rings. The Morgan fingerprint density at radius 3 is 2.25 bits per heavy atom. The molecule has 0 radical (unpaired) electrons. The van der Waals surface area contributed by atoms with Crippen LogP contribution in [0, 0.1) is 25.2 Å². The number of benzene rings is 1. The maximum Gasteiger partial charge on any atom is 0.186 e. The molecule has 0 aliphatic carbocycles. The molecule has 0 heterocycles. The van der Waals surface area contributed by atoms with E-state index in [0.717, 1.165) is 5.56 Å². The second kappa shape index (κ2) is 4.81. The minimum Gasteiger partial charge on any atom is -0.399 e. The summed E-state index contributed by atoms with van der Waals surface area (Å²) in [6.07, 6.45) is -0.425. The lowest BCUT2D eigenvalue weighted by molar-refractivity contribution is 0.255. The third-order valence-electron chi connectivity index (χ3n) is 2.42. The van der Waals surface area contributed by atoms with Crippen LogP contribution in [-0.2, 0) is 4.43 Å². The number of hydrogen-bond acceptors (Lipinski definition) is 2. The van der Waals surface area contributed by atoms with Gasteiger partial charge in [-0.3, -0.25) is 0 Å². The fraction of sp³-hybridized carbons (Fsp3) is 0.462. The van der Waals surface area contributed by atoms with E-state index in [1.807, 2.05) is 18.2 Å². The standard InChI is InChI=1S/C13H19NOSi/c1-10-6-7-12(8-11(10)2)13(9-14)15-16(3,4)5/h6-8,13H,1-5H3. The van der Waals surface area contributed by atoms with Gasteiger partial charge in [0.05, 0.1) is 6.07 Å². The van der Waals surface area contributed by atoms with Crippen molar-refractivity contribution in [1.29, 1.82) is 5.26 Å². The summed E-state index contributed by atoms with van der Waals surface area (Å²) in [4.78, 5) is 0. The summed E-state index contributed by atoms with van der Waals surface area (Å²) in [5, 5.41) is 9.15. The highest BCUT2D eigenvalue weighted by molar-refractivity contribution is 6.69. The molecular formula is C13H19NOSi. The first kappa shape index (κ1) is 13.0. The molecule has 1 atom stereocenters. The van der Waals surface area contributed by atoms with Crippen LogP contribution < -0.4 is 0 Å². The molecule has 0 bridgehead atoms. The highest BCUT2D eigenvalue weighted by atomic mass is 28.4. The lowest BCUT2D eigenvalue weighted by Gasteiger charge is -2.22. The first-order valence-electron chi connectivity index (χ1n) is 5.48. The molecule has 3 heteroatoms. The molecule has 0 N–H and O–H groups in total. The summed E-state index contributed by atoms with van der Waals surface area (Å²) in [6, 6.07) is 8.31. The molecule has 0 aliphatic rings. The fourth-order valence-electron chi connectivity index (χ4n) is 1.45. The van der Waals surface area contributed by atoms with Crippen molar-refractivity contribution in [3.05, 3.63) is 34.9 Å². The molecule has 16 heavy (non-hydrogen) atoms. The first-order chi connectivity index (χ1) is 7.33. The Kier molecular flexibility index (Phi) is 3.90. The maximum absolute atomic E-state index is 9.15. The van der Waals surface area contributed by atoms with Gasteiger partial charge in [0.15, 0.2) is 14.4 Å². The smallest absolute Gasteiger partial charge is 0.186 e. The molecule has 0 saturated heterocycles. The minimum absolute atomic E-state index is 0.425. The van der Waals surface area contributed by atoms with Crippen LogP contribution in [0.3, 0.4) is 0 Å². The lowest BCUT2D eigenvalue weighted by atomic mass is 10.0. The molecule has 2 nitrogen and oxygen atoms in total. The molecular weight excluding hydrogens is 214 g/mol. The summed E-state index contributed by atoms with van der Waals surface area (Å²) >= 11 is 0. The molecule has 0 saturated carbocycles. The van der Waals surface area contributed by atoms with Crippen molar-refractivity contribution < 1.29 is 4.43 Å². The molecule has 0 aromatic heterocycles. The van der Waals surface area contributed by atoms with Crippen molar-refractivity contribution in [2.45, 2.75) is 39.6 Å². The summed E-state index contributed by atoms with van der Waals surface area (Å²) in [7, 11) is -1.68. The Balaban J connectivity index is 2.97. The Hall–Kier alpha value is -1.11. The normalized spacial score (nSPS) is 13.2. The van der Waals surface area contributed by atoms with E-state index < -0.39 is 14.4 Å². The van der Waals surface area contributed by atoms with E-state index in [-0.39, 0.29) is 0 Å². The molecule has 1 rings (SSSR count). The molecule has 1 unspecified atom stereocenters.